The lowest BCUT2D eigenvalue weighted by atomic mass is 10.1. The molecule has 0 bridgehead atoms. The average Bonchev–Trinajstić information content (AvgIpc) is 2.62. The summed E-state index contributed by atoms with van der Waals surface area (Å²) in [5.74, 6) is -3.66. The van der Waals surface area contributed by atoms with E-state index in [1.54, 1.807) is 0 Å². The number of hydrogen-bond acceptors (Lipinski definition) is 3. The largest absolute Gasteiger partial charge is 0.323 e. The number of rotatable bonds is 2. The molecule has 2 rings (SSSR count). The molecule has 1 aromatic carbocycles. The number of ketones is 2. The minimum absolute atomic E-state index is 0.0695. The molecule has 18 heavy (non-hydrogen) atoms. The Labute approximate surface area is 107 Å². The van der Waals surface area contributed by atoms with Gasteiger partial charge in [0.1, 0.15) is 5.82 Å². The predicted octanol–water partition coefficient (Wildman–Crippen LogP) is 1.97. The van der Waals surface area contributed by atoms with Crippen LogP contribution in [-0.2, 0) is 14.4 Å². The third-order valence-corrected chi connectivity index (χ3v) is 2.95. The zero-order chi connectivity index (χ0) is 13.3. The highest BCUT2D eigenvalue weighted by Crippen LogP contribution is 2.22. The Kier molecular flexibility index (Phi) is 3.43. The number of Topliss-reactive ketones (excluding diaryl/α,β-unsaturated/α-hetero) is 2. The number of anilines is 1. The summed E-state index contributed by atoms with van der Waals surface area (Å²) in [4.78, 5) is 34.4. The summed E-state index contributed by atoms with van der Waals surface area (Å²) in [6, 6.07) is 3.72. The van der Waals surface area contributed by atoms with Crippen molar-refractivity contribution in [3.63, 3.8) is 0 Å². The van der Waals surface area contributed by atoms with Gasteiger partial charge >= 0.3 is 0 Å². The van der Waals surface area contributed by atoms with Crippen LogP contribution in [0, 0.1) is 11.7 Å². The van der Waals surface area contributed by atoms with E-state index in [2.05, 4.69) is 5.32 Å². The van der Waals surface area contributed by atoms with Gasteiger partial charge in [-0.25, -0.2) is 4.39 Å². The first-order valence-electron chi connectivity index (χ1n) is 5.30. The van der Waals surface area contributed by atoms with Crippen LogP contribution in [0.25, 0.3) is 0 Å². The molecule has 0 atom stereocenters. The SMILES string of the molecule is O=C1CCC(=O)C1C(=O)Nc1ccc(Cl)cc1F. The van der Waals surface area contributed by atoms with E-state index in [0.717, 1.165) is 6.07 Å². The molecule has 1 aliphatic carbocycles. The van der Waals surface area contributed by atoms with Crippen molar-refractivity contribution in [2.45, 2.75) is 12.8 Å². The van der Waals surface area contributed by atoms with Crippen molar-refractivity contribution < 1.29 is 18.8 Å². The van der Waals surface area contributed by atoms with E-state index >= 15 is 0 Å². The van der Waals surface area contributed by atoms with Crippen molar-refractivity contribution in [1.29, 1.82) is 0 Å². The van der Waals surface area contributed by atoms with Gasteiger partial charge in [0.15, 0.2) is 17.5 Å². The Morgan fingerprint density at radius 1 is 1.28 bits per heavy atom. The first kappa shape index (κ1) is 12.7. The van der Waals surface area contributed by atoms with Gasteiger partial charge in [-0.05, 0) is 18.2 Å². The van der Waals surface area contributed by atoms with E-state index in [1.807, 2.05) is 0 Å². The summed E-state index contributed by atoms with van der Waals surface area (Å²) in [5, 5.41) is 2.42. The third-order valence-electron chi connectivity index (χ3n) is 2.71. The van der Waals surface area contributed by atoms with Crippen molar-refractivity contribution in [2.24, 2.45) is 5.92 Å². The molecule has 0 spiro atoms. The van der Waals surface area contributed by atoms with E-state index in [0.29, 0.717) is 0 Å². The summed E-state index contributed by atoms with van der Waals surface area (Å²) in [6.45, 7) is 0. The average molecular weight is 270 g/mol. The van der Waals surface area contributed by atoms with Crippen LogP contribution < -0.4 is 5.32 Å². The van der Waals surface area contributed by atoms with Gasteiger partial charge in [0, 0.05) is 17.9 Å². The highest BCUT2D eigenvalue weighted by atomic mass is 35.5. The number of carbonyl (C=O) groups is 3. The number of benzene rings is 1. The van der Waals surface area contributed by atoms with Crippen LogP contribution in [0.2, 0.25) is 5.02 Å². The molecule has 94 valence electrons. The van der Waals surface area contributed by atoms with Gasteiger partial charge in [-0.2, -0.15) is 0 Å². The monoisotopic (exact) mass is 269 g/mol. The number of carbonyl (C=O) groups excluding carboxylic acids is 3. The van der Waals surface area contributed by atoms with E-state index in [9.17, 15) is 18.8 Å². The Bertz CT molecular complexity index is 528. The van der Waals surface area contributed by atoms with Gasteiger partial charge in [-0.15, -0.1) is 0 Å². The van der Waals surface area contributed by atoms with Crippen LogP contribution >= 0.6 is 11.6 Å². The summed E-state index contributed by atoms with van der Waals surface area (Å²) in [7, 11) is 0. The van der Waals surface area contributed by atoms with Crippen LogP contribution in [0.5, 0.6) is 0 Å². The van der Waals surface area contributed by atoms with Gasteiger partial charge in [0.25, 0.3) is 0 Å². The minimum Gasteiger partial charge on any atom is -0.323 e. The molecule has 0 unspecified atom stereocenters. The first-order valence-corrected chi connectivity index (χ1v) is 5.68. The maximum absolute atomic E-state index is 13.4. The van der Waals surface area contributed by atoms with Gasteiger partial charge in [-0.3, -0.25) is 14.4 Å². The highest BCUT2D eigenvalue weighted by Gasteiger charge is 2.38. The summed E-state index contributed by atoms with van der Waals surface area (Å²) >= 11 is 5.57. The topological polar surface area (TPSA) is 63.2 Å². The second-order valence-electron chi connectivity index (χ2n) is 3.98. The molecule has 1 saturated carbocycles. The lowest BCUT2D eigenvalue weighted by Gasteiger charge is -2.09. The van der Waals surface area contributed by atoms with Crippen molar-refractivity contribution >= 4 is 34.8 Å². The van der Waals surface area contributed by atoms with Crippen LogP contribution in [0.1, 0.15) is 12.8 Å². The van der Waals surface area contributed by atoms with Crippen LogP contribution in [0.15, 0.2) is 18.2 Å². The third kappa shape index (κ3) is 2.41. The van der Waals surface area contributed by atoms with Gasteiger partial charge in [-0.1, -0.05) is 11.6 Å². The van der Waals surface area contributed by atoms with E-state index in [-0.39, 0.29) is 23.6 Å². The fourth-order valence-electron chi connectivity index (χ4n) is 1.80. The molecule has 1 aliphatic rings. The molecule has 0 saturated heterocycles. The van der Waals surface area contributed by atoms with Crippen molar-refractivity contribution in [3.8, 4) is 0 Å². The molecule has 4 nitrogen and oxygen atoms in total. The van der Waals surface area contributed by atoms with Crippen LogP contribution in [0.4, 0.5) is 10.1 Å². The summed E-state index contributed by atoms with van der Waals surface area (Å²) in [6.07, 6.45) is 0.139. The lowest BCUT2D eigenvalue weighted by molar-refractivity contribution is -0.134. The fraction of sp³-hybridized carbons (Fsp3) is 0.250. The number of halogens is 2. The summed E-state index contributed by atoms with van der Waals surface area (Å²) in [5.41, 5.74) is -0.100. The van der Waals surface area contributed by atoms with E-state index < -0.39 is 29.2 Å². The highest BCUT2D eigenvalue weighted by molar-refractivity contribution is 6.30. The van der Waals surface area contributed by atoms with E-state index in [4.69, 9.17) is 11.6 Å². The zero-order valence-corrected chi connectivity index (χ0v) is 9.96. The van der Waals surface area contributed by atoms with Crippen molar-refractivity contribution in [1.82, 2.24) is 0 Å². The van der Waals surface area contributed by atoms with Crippen LogP contribution in [-0.4, -0.2) is 17.5 Å². The maximum atomic E-state index is 13.4. The quantitative estimate of drug-likeness (QED) is 0.835. The van der Waals surface area contributed by atoms with Crippen LogP contribution in [0.3, 0.4) is 0 Å². The molecule has 6 heteroatoms. The Morgan fingerprint density at radius 3 is 2.44 bits per heavy atom. The van der Waals surface area contributed by atoms with Gasteiger partial charge in [0.2, 0.25) is 5.91 Å². The lowest BCUT2D eigenvalue weighted by Crippen LogP contribution is -2.30. The smallest absolute Gasteiger partial charge is 0.242 e. The molecule has 0 heterocycles. The first-order chi connectivity index (χ1) is 8.49. The molecule has 1 aromatic rings. The normalized spacial score (nSPS) is 16.1. The number of amides is 1. The molecular weight excluding hydrogens is 261 g/mol. The standard InChI is InChI=1S/C12H9ClFNO3/c13-6-1-2-8(7(14)5-6)15-12(18)11-9(16)3-4-10(11)17/h1-2,5,11H,3-4H2,(H,15,18). The maximum Gasteiger partial charge on any atom is 0.242 e. The zero-order valence-electron chi connectivity index (χ0n) is 9.20. The Balaban J connectivity index is 2.16. The molecular formula is C12H9ClFNO3. The number of nitrogens with one attached hydrogen (secondary N) is 1. The van der Waals surface area contributed by atoms with Gasteiger partial charge < -0.3 is 5.32 Å². The second-order valence-corrected chi connectivity index (χ2v) is 4.42. The molecule has 0 radical (unpaired) electrons. The number of hydrogen-bond donors (Lipinski definition) is 1. The van der Waals surface area contributed by atoms with E-state index in [1.165, 1.54) is 12.1 Å². The second kappa shape index (κ2) is 4.86. The van der Waals surface area contributed by atoms with Crippen molar-refractivity contribution in [3.05, 3.63) is 29.0 Å². The molecule has 1 fully saturated rings. The molecule has 1 N–H and O–H groups in total. The molecule has 0 aromatic heterocycles. The molecule has 0 aliphatic heterocycles. The minimum atomic E-state index is -1.31. The molecule has 1 amide bonds. The Morgan fingerprint density at radius 2 is 1.89 bits per heavy atom. The summed E-state index contributed by atoms with van der Waals surface area (Å²) < 4.78 is 13.4. The predicted molar refractivity (Wildman–Crippen MR) is 62.8 cm³/mol. The van der Waals surface area contributed by atoms with Gasteiger partial charge in [0.05, 0.1) is 5.69 Å². The Hall–Kier alpha value is -1.75. The fourth-order valence-corrected chi connectivity index (χ4v) is 1.96. The van der Waals surface area contributed by atoms with Crippen molar-refractivity contribution in [2.75, 3.05) is 5.32 Å².